The Morgan fingerprint density at radius 3 is 2.88 bits per heavy atom. The summed E-state index contributed by atoms with van der Waals surface area (Å²) in [4.78, 5) is 4.07. The Kier molecular flexibility index (Phi) is 3.19. The predicted molar refractivity (Wildman–Crippen MR) is 69.5 cm³/mol. The van der Waals surface area contributed by atoms with Crippen molar-refractivity contribution >= 4 is 27.8 Å². The molecular formula is C12H11BrN2O2. The zero-order valence-corrected chi connectivity index (χ0v) is 10.7. The summed E-state index contributed by atoms with van der Waals surface area (Å²) >= 11 is 3.29. The number of phenols is 1. The Morgan fingerprint density at radius 2 is 2.24 bits per heavy atom. The summed E-state index contributed by atoms with van der Waals surface area (Å²) in [5, 5.41) is 19.6. The lowest BCUT2D eigenvalue weighted by atomic mass is 10.1. The highest BCUT2D eigenvalue weighted by atomic mass is 79.9. The molecule has 0 bridgehead atoms. The van der Waals surface area contributed by atoms with E-state index in [4.69, 9.17) is 0 Å². The number of aromatic hydroxyl groups is 1. The Hall–Kier alpha value is -1.75. The molecule has 2 aromatic rings. The molecule has 0 aliphatic carbocycles. The fourth-order valence-corrected chi connectivity index (χ4v) is 1.79. The molecule has 4 nitrogen and oxygen atoms in total. The third-order valence-corrected chi connectivity index (χ3v) is 2.85. The van der Waals surface area contributed by atoms with Crippen LogP contribution in [0.3, 0.4) is 0 Å². The number of phenolic OH excluding ortho intramolecular Hbond substituents is 1. The van der Waals surface area contributed by atoms with Crippen molar-refractivity contribution in [1.29, 1.82) is 0 Å². The summed E-state index contributed by atoms with van der Waals surface area (Å²) in [6, 6.07) is 4.86. The summed E-state index contributed by atoms with van der Waals surface area (Å²) in [5.41, 5.74) is 0.363. The van der Waals surface area contributed by atoms with Gasteiger partial charge < -0.3 is 14.8 Å². The first-order valence-corrected chi connectivity index (χ1v) is 5.74. The van der Waals surface area contributed by atoms with Gasteiger partial charge in [0.1, 0.15) is 17.3 Å². The van der Waals surface area contributed by atoms with Crippen molar-refractivity contribution in [3.05, 3.63) is 46.5 Å². The Labute approximate surface area is 107 Å². The molecule has 0 fully saturated rings. The first-order valence-electron chi connectivity index (χ1n) is 4.95. The number of aliphatic hydroxyl groups is 1. The molecule has 5 heteroatoms. The van der Waals surface area contributed by atoms with Gasteiger partial charge in [-0.1, -0.05) is 15.9 Å². The minimum absolute atomic E-state index is 0.0242. The van der Waals surface area contributed by atoms with Crippen LogP contribution in [-0.2, 0) is 7.05 Å². The van der Waals surface area contributed by atoms with Crippen LogP contribution in [0.15, 0.2) is 35.1 Å². The number of imidazole rings is 1. The van der Waals surface area contributed by atoms with E-state index in [1.807, 2.05) is 7.05 Å². The van der Waals surface area contributed by atoms with Crippen molar-refractivity contribution in [1.82, 2.24) is 9.55 Å². The van der Waals surface area contributed by atoms with Crippen LogP contribution in [0.4, 0.5) is 0 Å². The van der Waals surface area contributed by atoms with Crippen molar-refractivity contribution in [3.8, 4) is 5.75 Å². The van der Waals surface area contributed by atoms with Crippen LogP contribution >= 0.6 is 15.9 Å². The van der Waals surface area contributed by atoms with Crippen LogP contribution in [0.2, 0.25) is 0 Å². The number of aliphatic hydroxyl groups excluding tert-OH is 1. The van der Waals surface area contributed by atoms with Crippen LogP contribution < -0.4 is 0 Å². The van der Waals surface area contributed by atoms with Gasteiger partial charge in [-0.05, 0) is 18.2 Å². The summed E-state index contributed by atoms with van der Waals surface area (Å²) in [7, 11) is 1.83. The van der Waals surface area contributed by atoms with E-state index in [1.165, 1.54) is 12.1 Å². The minimum atomic E-state index is -0.0295. The predicted octanol–water partition coefficient (Wildman–Crippen LogP) is 2.94. The first-order chi connectivity index (χ1) is 8.08. The van der Waals surface area contributed by atoms with E-state index in [-0.39, 0.29) is 11.5 Å². The van der Waals surface area contributed by atoms with Crippen LogP contribution in [0, 0.1) is 0 Å². The molecule has 0 spiro atoms. The zero-order chi connectivity index (χ0) is 12.4. The van der Waals surface area contributed by atoms with Crippen LogP contribution in [0.5, 0.6) is 5.75 Å². The van der Waals surface area contributed by atoms with Gasteiger partial charge in [-0.15, -0.1) is 0 Å². The van der Waals surface area contributed by atoms with Gasteiger partial charge in [-0.3, -0.25) is 0 Å². The molecule has 17 heavy (non-hydrogen) atoms. The fourth-order valence-electron chi connectivity index (χ4n) is 1.43. The zero-order valence-electron chi connectivity index (χ0n) is 9.13. The van der Waals surface area contributed by atoms with Gasteiger partial charge in [0.05, 0.1) is 5.56 Å². The Bertz CT molecular complexity index is 576. The maximum absolute atomic E-state index is 9.95. The van der Waals surface area contributed by atoms with E-state index in [0.717, 1.165) is 4.47 Å². The summed E-state index contributed by atoms with van der Waals surface area (Å²) in [5.74, 6) is 0.608. The molecule has 1 heterocycles. The molecule has 0 aliphatic rings. The van der Waals surface area contributed by atoms with Gasteiger partial charge in [0.2, 0.25) is 0 Å². The van der Waals surface area contributed by atoms with Gasteiger partial charge in [0.25, 0.3) is 0 Å². The molecule has 0 radical (unpaired) electrons. The number of halogens is 1. The van der Waals surface area contributed by atoms with Crippen LogP contribution in [-0.4, -0.2) is 19.8 Å². The third kappa shape index (κ3) is 2.50. The molecule has 0 saturated heterocycles. The average molecular weight is 295 g/mol. The summed E-state index contributed by atoms with van der Waals surface area (Å²) in [6.45, 7) is 0. The average Bonchev–Trinajstić information content (AvgIpc) is 2.68. The molecule has 1 aromatic carbocycles. The molecule has 1 aromatic heterocycles. The number of benzene rings is 1. The van der Waals surface area contributed by atoms with Gasteiger partial charge in [0.15, 0.2) is 0 Å². The second kappa shape index (κ2) is 4.63. The SMILES string of the molecule is Cn1ccnc1/C=C(\O)c1cc(Br)ccc1O. The number of aromatic nitrogens is 2. The second-order valence-corrected chi connectivity index (χ2v) is 4.50. The van der Waals surface area contributed by atoms with Gasteiger partial charge >= 0.3 is 0 Å². The third-order valence-electron chi connectivity index (χ3n) is 2.36. The topological polar surface area (TPSA) is 58.3 Å². The van der Waals surface area contributed by atoms with Crippen LogP contribution in [0.1, 0.15) is 11.4 Å². The van der Waals surface area contributed by atoms with E-state index in [2.05, 4.69) is 20.9 Å². The van der Waals surface area contributed by atoms with Crippen molar-refractivity contribution in [2.75, 3.05) is 0 Å². The Morgan fingerprint density at radius 1 is 1.47 bits per heavy atom. The highest BCUT2D eigenvalue weighted by molar-refractivity contribution is 9.10. The minimum Gasteiger partial charge on any atom is -0.507 e. The van der Waals surface area contributed by atoms with E-state index in [0.29, 0.717) is 11.4 Å². The number of aryl methyl sites for hydroxylation is 1. The Balaban J connectivity index is 2.43. The van der Waals surface area contributed by atoms with E-state index < -0.39 is 0 Å². The van der Waals surface area contributed by atoms with E-state index in [1.54, 1.807) is 29.1 Å². The van der Waals surface area contributed by atoms with Crippen molar-refractivity contribution in [2.24, 2.45) is 7.05 Å². The maximum Gasteiger partial charge on any atom is 0.136 e. The molecule has 0 saturated carbocycles. The standard InChI is InChI=1S/C12H11BrN2O2/c1-15-5-4-14-12(15)7-11(17)9-6-8(13)2-3-10(9)16/h2-7,16-17H,1H3/b11-7-. The van der Waals surface area contributed by atoms with Gasteiger partial charge in [0, 0.05) is 30.0 Å². The van der Waals surface area contributed by atoms with Gasteiger partial charge in [-0.25, -0.2) is 4.98 Å². The molecule has 2 N–H and O–H groups in total. The lowest BCUT2D eigenvalue weighted by Crippen LogP contribution is -1.92. The van der Waals surface area contributed by atoms with Crippen molar-refractivity contribution in [2.45, 2.75) is 0 Å². The number of hydrogen-bond donors (Lipinski definition) is 2. The molecular weight excluding hydrogens is 284 g/mol. The largest absolute Gasteiger partial charge is 0.507 e. The van der Waals surface area contributed by atoms with Gasteiger partial charge in [-0.2, -0.15) is 0 Å². The lowest BCUT2D eigenvalue weighted by molar-refractivity contribution is 0.461. The molecule has 0 atom stereocenters. The monoisotopic (exact) mass is 294 g/mol. The van der Waals surface area contributed by atoms with Crippen LogP contribution in [0.25, 0.3) is 11.8 Å². The second-order valence-electron chi connectivity index (χ2n) is 3.59. The lowest BCUT2D eigenvalue weighted by Gasteiger charge is -2.04. The van der Waals surface area contributed by atoms with Crippen molar-refractivity contribution < 1.29 is 10.2 Å². The summed E-state index contributed by atoms with van der Waals surface area (Å²) < 4.78 is 2.55. The van der Waals surface area contributed by atoms with E-state index in [9.17, 15) is 10.2 Å². The number of nitrogens with zero attached hydrogens (tertiary/aromatic N) is 2. The first kappa shape index (κ1) is 11.7. The highest BCUT2D eigenvalue weighted by Gasteiger charge is 2.07. The molecule has 0 amide bonds. The smallest absolute Gasteiger partial charge is 0.136 e. The maximum atomic E-state index is 9.95. The number of rotatable bonds is 2. The molecule has 0 unspecified atom stereocenters. The quantitative estimate of drug-likeness (QED) is 0.837. The molecule has 2 rings (SSSR count). The van der Waals surface area contributed by atoms with Crippen molar-refractivity contribution in [3.63, 3.8) is 0 Å². The summed E-state index contributed by atoms with van der Waals surface area (Å²) in [6.07, 6.45) is 4.92. The highest BCUT2D eigenvalue weighted by Crippen LogP contribution is 2.27. The number of hydrogen-bond acceptors (Lipinski definition) is 3. The molecule has 0 aliphatic heterocycles. The van der Waals surface area contributed by atoms with E-state index >= 15 is 0 Å². The molecule has 88 valence electrons. The normalized spacial score (nSPS) is 11.8. The fraction of sp³-hybridized carbons (Fsp3) is 0.0833.